The van der Waals surface area contributed by atoms with E-state index in [2.05, 4.69) is 27.5 Å². The van der Waals surface area contributed by atoms with Crippen LogP contribution in [0.15, 0.2) is 22.8 Å². The molecule has 1 aliphatic rings. The highest BCUT2D eigenvalue weighted by Gasteiger charge is 2.35. The number of nitrogens with zero attached hydrogens (tertiary/aromatic N) is 4. The number of hydrogen-bond acceptors (Lipinski definition) is 5. The smallest absolute Gasteiger partial charge is 0.226 e. The van der Waals surface area contributed by atoms with E-state index in [1.807, 2.05) is 17.0 Å². The van der Waals surface area contributed by atoms with Gasteiger partial charge in [0.2, 0.25) is 5.91 Å². The number of carbonyl (C=O) groups excluding carboxylic acids is 1. The molecule has 1 aliphatic carbocycles. The van der Waals surface area contributed by atoms with Crippen LogP contribution in [0.2, 0.25) is 0 Å². The molecule has 0 saturated heterocycles. The molecular formula is C15H21N5O2. The second-order valence-electron chi connectivity index (χ2n) is 5.86. The lowest BCUT2D eigenvalue weighted by Gasteiger charge is -2.37. The normalized spacial score (nSPS) is 20.6. The van der Waals surface area contributed by atoms with E-state index in [1.54, 1.807) is 6.26 Å². The van der Waals surface area contributed by atoms with Gasteiger partial charge in [0.05, 0.1) is 12.8 Å². The molecule has 2 aromatic heterocycles. The Morgan fingerprint density at radius 2 is 2.36 bits per heavy atom. The minimum absolute atomic E-state index is 0.158. The van der Waals surface area contributed by atoms with Gasteiger partial charge in [0, 0.05) is 18.9 Å². The van der Waals surface area contributed by atoms with Crippen LogP contribution in [-0.2, 0) is 17.8 Å². The number of aromatic nitrogens is 4. The number of amides is 1. The first-order valence-electron chi connectivity index (χ1n) is 7.79. The zero-order valence-electron chi connectivity index (χ0n) is 12.7. The fourth-order valence-electron chi connectivity index (χ4n) is 2.91. The molecule has 2 aromatic rings. The predicted molar refractivity (Wildman–Crippen MR) is 78.5 cm³/mol. The highest BCUT2D eigenvalue weighted by atomic mass is 16.3. The van der Waals surface area contributed by atoms with Gasteiger partial charge in [0.15, 0.2) is 5.82 Å². The number of tetrazole rings is 1. The van der Waals surface area contributed by atoms with E-state index in [4.69, 9.17) is 4.42 Å². The summed E-state index contributed by atoms with van der Waals surface area (Å²) in [5.41, 5.74) is 0. The average molecular weight is 303 g/mol. The molecule has 0 radical (unpaired) electrons. The van der Waals surface area contributed by atoms with E-state index in [0.717, 1.165) is 25.0 Å². The Kier molecular flexibility index (Phi) is 4.50. The zero-order valence-corrected chi connectivity index (χ0v) is 12.7. The SMILES string of the molecule is CCC1CC(C(=O)N(CCc2nn[nH]n2)Cc2ccco2)C1. The summed E-state index contributed by atoms with van der Waals surface area (Å²) in [7, 11) is 0. The molecule has 0 aliphatic heterocycles. The molecular weight excluding hydrogens is 282 g/mol. The van der Waals surface area contributed by atoms with Gasteiger partial charge in [-0.3, -0.25) is 4.79 Å². The maximum absolute atomic E-state index is 12.7. The first kappa shape index (κ1) is 14.7. The van der Waals surface area contributed by atoms with Crippen molar-refractivity contribution in [2.75, 3.05) is 6.54 Å². The third kappa shape index (κ3) is 3.35. The largest absolute Gasteiger partial charge is 0.467 e. The maximum Gasteiger partial charge on any atom is 0.226 e. The third-order valence-electron chi connectivity index (χ3n) is 4.40. The predicted octanol–water partition coefficient (Wildman–Crippen LogP) is 1.80. The number of H-pyrrole nitrogens is 1. The molecule has 0 aromatic carbocycles. The lowest BCUT2D eigenvalue weighted by molar-refractivity contribution is -0.140. The molecule has 2 heterocycles. The maximum atomic E-state index is 12.7. The summed E-state index contributed by atoms with van der Waals surface area (Å²) < 4.78 is 5.38. The van der Waals surface area contributed by atoms with Crippen molar-refractivity contribution < 1.29 is 9.21 Å². The van der Waals surface area contributed by atoms with Crippen molar-refractivity contribution >= 4 is 5.91 Å². The summed E-state index contributed by atoms with van der Waals surface area (Å²) >= 11 is 0. The van der Waals surface area contributed by atoms with Gasteiger partial charge in [0.25, 0.3) is 0 Å². The molecule has 1 saturated carbocycles. The molecule has 0 unspecified atom stereocenters. The number of furan rings is 1. The monoisotopic (exact) mass is 303 g/mol. The molecule has 7 nitrogen and oxygen atoms in total. The Balaban J connectivity index is 1.61. The van der Waals surface area contributed by atoms with Crippen LogP contribution in [0, 0.1) is 11.8 Å². The number of hydrogen-bond donors (Lipinski definition) is 1. The molecule has 3 rings (SSSR count). The molecule has 0 bridgehead atoms. The Hall–Kier alpha value is -2.18. The van der Waals surface area contributed by atoms with Crippen molar-refractivity contribution in [3.05, 3.63) is 30.0 Å². The standard InChI is InChI=1S/C15H21N5O2/c1-2-11-8-12(9-11)15(21)20(10-13-4-3-7-22-13)6-5-14-16-18-19-17-14/h3-4,7,11-12H,2,5-6,8-10H2,1H3,(H,16,17,18,19). The van der Waals surface area contributed by atoms with Gasteiger partial charge in [0.1, 0.15) is 5.76 Å². The van der Waals surface area contributed by atoms with Crippen LogP contribution in [0.3, 0.4) is 0 Å². The minimum atomic E-state index is 0.158. The lowest BCUT2D eigenvalue weighted by atomic mass is 9.73. The quantitative estimate of drug-likeness (QED) is 0.842. The zero-order chi connectivity index (χ0) is 15.4. The fraction of sp³-hybridized carbons (Fsp3) is 0.600. The Morgan fingerprint density at radius 1 is 1.50 bits per heavy atom. The average Bonchev–Trinajstić information content (AvgIpc) is 3.15. The molecule has 1 amide bonds. The molecule has 118 valence electrons. The second-order valence-corrected chi connectivity index (χ2v) is 5.86. The van der Waals surface area contributed by atoms with Crippen molar-refractivity contribution in [1.29, 1.82) is 0 Å². The van der Waals surface area contributed by atoms with Gasteiger partial charge >= 0.3 is 0 Å². The van der Waals surface area contributed by atoms with Crippen molar-refractivity contribution in [2.45, 2.75) is 39.2 Å². The third-order valence-corrected chi connectivity index (χ3v) is 4.40. The molecule has 0 atom stereocenters. The summed E-state index contributed by atoms with van der Waals surface area (Å²) in [5, 5.41) is 13.9. The van der Waals surface area contributed by atoms with Crippen LogP contribution in [0.25, 0.3) is 0 Å². The van der Waals surface area contributed by atoms with Crippen LogP contribution in [-0.4, -0.2) is 38.0 Å². The van der Waals surface area contributed by atoms with Crippen molar-refractivity contribution in [3.63, 3.8) is 0 Å². The lowest BCUT2D eigenvalue weighted by Crippen LogP contribution is -2.42. The van der Waals surface area contributed by atoms with E-state index < -0.39 is 0 Å². The first-order chi connectivity index (χ1) is 10.8. The summed E-state index contributed by atoms with van der Waals surface area (Å²) in [6.45, 7) is 3.26. The van der Waals surface area contributed by atoms with Crippen LogP contribution in [0.1, 0.15) is 37.8 Å². The summed E-state index contributed by atoms with van der Waals surface area (Å²) in [6, 6.07) is 3.73. The number of nitrogens with one attached hydrogen (secondary N) is 1. The van der Waals surface area contributed by atoms with Gasteiger partial charge in [-0.2, -0.15) is 5.21 Å². The topological polar surface area (TPSA) is 87.9 Å². The number of aromatic amines is 1. The fourth-order valence-corrected chi connectivity index (χ4v) is 2.91. The van der Waals surface area contributed by atoms with Gasteiger partial charge in [-0.05, 0) is 30.9 Å². The van der Waals surface area contributed by atoms with Crippen molar-refractivity contribution in [2.24, 2.45) is 11.8 Å². The summed E-state index contributed by atoms with van der Waals surface area (Å²) in [5.74, 6) is 2.50. The highest BCUT2D eigenvalue weighted by Crippen LogP contribution is 2.37. The molecule has 0 spiro atoms. The van der Waals surface area contributed by atoms with E-state index in [-0.39, 0.29) is 11.8 Å². The summed E-state index contributed by atoms with van der Waals surface area (Å²) in [6.07, 6.45) is 5.39. The minimum Gasteiger partial charge on any atom is -0.467 e. The van der Waals surface area contributed by atoms with Crippen LogP contribution in [0.5, 0.6) is 0 Å². The van der Waals surface area contributed by atoms with E-state index in [1.165, 1.54) is 0 Å². The van der Waals surface area contributed by atoms with Crippen molar-refractivity contribution in [3.8, 4) is 0 Å². The van der Waals surface area contributed by atoms with Gasteiger partial charge in [-0.1, -0.05) is 18.6 Å². The van der Waals surface area contributed by atoms with Gasteiger partial charge in [-0.15, -0.1) is 10.2 Å². The first-order valence-corrected chi connectivity index (χ1v) is 7.79. The van der Waals surface area contributed by atoms with Gasteiger partial charge in [-0.25, -0.2) is 0 Å². The van der Waals surface area contributed by atoms with Crippen LogP contribution in [0.4, 0.5) is 0 Å². The molecule has 7 heteroatoms. The molecule has 1 N–H and O–H groups in total. The van der Waals surface area contributed by atoms with E-state index in [9.17, 15) is 4.79 Å². The van der Waals surface area contributed by atoms with E-state index >= 15 is 0 Å². The molecule has 22 heavy (non-hydrogen) atoms. The second kappa shape index (κ2) is 6.72. The van der Waals surface area contributed by atoms with Crippen LogP contribution < -0.4 is 0 Å². The number of carbonyl (C=O) groups is 1. The Bertz CT molecular complexity index is 575. The highest BCUT2D eigenvalue weighted by molar-refractivity contribution is 5.79. The summed E-state index contributed by atoms with van der Waals surface area (Å²) in [4.78, 5) is 14.5. The van der Waals surface area contributed by atoms with Gasteiger partial charge < -0.3 is 9.32 Å². The van der Waals surface area contributed by atoms with Crippen molar-refractivity contribution in [1.82, 2.24) is 25.5 Å². The van der Waals surface area contributed by atoms with E-state index in [0.29, 0.717) is 31.3 Å². The Morgan fingerprint density at radius 3 is 3.00 bits per heavy atom. The Labute approximate surface area is 129 Å². The molecule has 1 fully saturated rings. The number of rotatable bonds is 7. The van der Waals surface area contributed by atoms with Crippen LogP contribution >= 0.6 is 0 Å².